The Morgan fingerprint density at radius 2 is 2.13 bits per heavy atom. The number of rotatable bonds is 2. The van der Waals surface area contributed by atoms with Gasteiger partial charge in [-0.2, -0.15) is 0 Å². The van der Waals surface area contributed by atoms with E-state index in [2.05, 4.69) is 4.98 Å². The molecule has 2 rings (SSSR count). The molecule has 0 spiro atoms. The molecule has 0 saturated heterocycles. The summed E-state index contributed by atoms with van der Waals surface area (Å²) in [6, 6.07) is 5.41. The first kappa shape index (κ1) is 9.58. The Morgan fingerprint density at radius 3 is 2.67 bits per heavy atom. The summed E-state index contributed by atoms with van der Waals surface area (Å²) in [5.74, 6) is -0.492. The van der Waals surface area contributed by atoms with Crippen molar-refractivity contribution >= 4 is 11.8 Å². The first-order valence-electron chi connectivity index (χ1n) is 4.62. The monoisotopic (exact) mass is 202 g/mol. The predicted octanol–water partition coefficient (Wildman–Crippen LogP) is 0.897. The number of nitrogens with zero attached hydrogens (tertiary/aromatic N) is 2. The zero-order valence-corrected chi connectivity index (χ0v) is 8.30. The molecule has 76 valence electrons. The van der Waals surface area contributed by atoms with Crippen molar-refractivity contribution in [1.82, 2.24) is 9.88 Å². The summed E-state index contributed by atoms with van der Waals surface area (Å²) in [5, 5.41) is 0. The van der Waals surface area contributed by atoms with E-state index in [1.165, 1.54) is 11.0 Å². The van der Waals surface area contributed by atoms with Gasteiger partial charge in [0, 0.05) is 17.8 Å². The van der Waals surface area contributed by atoms with Gasteiger partial charge in [0.1, 0.15) is 0 Å². The fourth-order valence-corrected chi connectivity index (χ4v) is 1.44. The van der Waals surface area contributed by atoms with Gasteiger partial charge < -0.3 is 0 Å². The molecule has 4 heteroatoms. The Balaban J connectivity index is 2.15. The Kier molecular flexibility index (Phi) is 2.33. The highest BCUT2D eigenvalue weighted by Crippen LogP contribution is 2.14. The minimum Gasteiger partial charge on any atom is -0.269 e. The van der Waals surface area contributed by atoms with Crippen LogP contribution in [0.5, 0.6) is 0 Å². The van der Waals surface area contributed by atoms with Crippen LogP contribution in [0.25, 0.3) is 0 Å². The largest absolute Gasteiger partial charge is 0.269 e. The molecular formula is C11H10N2O2. The summed E-state index contributed by atoms with van der Waals surface area (Å²) in [4.78, 5) is 28.2. The molecule has 1 aliphatic heterocycles. The molecule has 0 bridgehead atoms. The van der Waals surface area contributed by atoms with Crippen molar-refractivity contribution in [2.45, 2.75) is 13.5 Å². The smallest absolute Gasteiger partial charge is 0.256 e. The van der Waals surface area contributed by atoms with E-state index in [1.807, 2.05) is 6.07 Å². The maximum Gasteiger partial charge on any atom is 0.256 e. The average molecular weight is 202 g/mol. The minimum absolute atomic E-state index is 0.231. The highest BCUT2D eigenvalue weighted by Gasteiger charge is 2.28. The summed E-state index contributed by atoms with van der Waals surface area (Å²) in [6.45, 7) is 1.88. The van der Waals surface area contributed by atoms with Crippen LogP contribution >= 0.6 is 0 Å². The van der Waals surface area contributed by atoms with Crippen molar-refractivity contribution in [2.75, 3.05) is 0 Å². The van der Waals surface area contributed by atoms with Gasteiger partial charge in [-0.1, -0.05) is 6.07 Å². The molecule has 0 aromatic carbocycles. The lowest BCUT2D eigenvalue weighted by atomic mass is 10.3. The maximum absolute atomic E-state index is 11.5. The Bertz CT molecular complexity index is 437. The summed E-state index contributed by atoms with van der Waals surface area (Å²) >= 11 is 0. The van der Waals surface area contributed by atoms with Crippen LogP contribution in [-0.4, -0.2) is 21.7 Å². The van der Waals surface area contributed by atoms with E-state index in [4.69, 9.17) is 0 Å². The maximum atomic E-state index is 11.5. The first-order chi connectivity index (χ1) is 7.18. The number of carbonyl (C=O) groups excluding carboxylic acids is 2. The molecule has 0 radical (unpaired) electrons. The summed E-state index contributed by atoms with van der Waals surface area (Å²) < 4.78 is 0. The van der Waals surface area contributed by atoms with Crippen molar-refractivity contribution in [2.24, 2.45) is 0 Å². The van der Waals surface area contributed by atoms with Crippen molar-refractivity contribution in [3.8, 4) is 0 Å². The third-order valence-corrected chi connectivity index (χ3v) is 2.23. The Morgan fingerprint density at radius 1 is 1.33 bits per heavy atom. The molecule has 0 aliphatic carbocycles. The molecule has 0 unspecified atom stereocenters. The van der Waals surface area contributed by atoms with E-state index in [0.29, 0.717) is 11.3 Å². The number of hydrogen-bond acceptors (Lipinski definition) is 3. The van der Waals surface area contributed by atoms with Crippen LogP contribution in [-0.2, 0) is 16.1 Å². The van der Waals surface area contributed by atoms with Gasteiger partial charge in [-0.3, -0.25) is 19.5 Å². The second-order valence-corrected chi connectivity index (χ2v) is 3.38. The SMILES string of the molecule is CC1=CC(=O)N(Cc2ccccn2)C1=O. The van der Waals surface area contributed by atoms with Gasteiger partial charge in [-0.25, -0.2) is 0 Å². The molecule has 1 aromatic rings. The van der Waals surface area contributed by atoms with Crippen LogP contribution in [0.2, 0.25) is 0 Å². The summed E-state index contributed by atoms with van der Waals surface area (Å²) in [5.41, 5.74) is 1.19. The number of imide groups is 1. The topological polar surface area (TPSA) is 50.3 Å². The highest BCUT2D eigenvalue weighted by atomic mass is 16.2. The van der Waals surface area contributed by atoms with E-state index >= 15 is 0 Å². The van der Waals surface area contributed by atoms with E-state index < -0.39 is 0 Å². The standard InChI is InChI=1S/C11H10N2O2/c1-8-6-10(14)13(11(8)15)7-9-4-2-3-5-12-9/h2-6H,7H2,1H3. The number of carbonyl (C=O) groups is 2. The third-order valence-electron chi connectivity index (χ3n) is 2.23. The van der Waals surface area contributed by atoms with Crippen molar-refractivity contribution < 1.29 is 9.59 Å². The van der Waals surface area contributed by atoms with E-state index in [0.717, 1.165) is 0 Å². The quantitative estimate of drug-likeness (QED) is 0.669. The molecule has 2 amide bonds. The van der Waals surface area contributed by atoms with Gasteiger partial charge in [0.2, 0.25) is 0 Å². The second kappa shape index (κ2) is 3.65. The Labute approximate surface area is 87.2 Å². The van der Waals surface area contributed by atoms with Crippen LogP contribution in [0, 0.1) is 0 Å². The second-order valence-electron chi connectivity index (χ2n) is 3.38. The van der Waals surface area contributed by atoms with E-state index in [1.54, 1.807) is 25.3 Å². The van der Waals surface area contributed by atoms with Crippen molar-refractivity contribution in [3.63, 3.8) is 0 Å². The van der Waals surface area contributed by atoms with Gasteiger partial charge in [0.25, 0.3) is 11.8 Å². The first-order valence-corrected chi connectivity index (χ1v) is 4.62. The highest BCUT2D eigenvalue weighted by molar-refractivity contribution is 6.15. The lowest BCUT2D eigenvalue weighted by molar-refractivity contribution is -0.137. The van der Waals surface area contributed by atoms with Gasteiger partial charge in [0.05, 0.1) is 12.2 Å². The van der Waals surface area contributed by atoms with Crippen LogP contribution in [0.3, 0.4) is 0 Å². The van der Waals surface area contributed by atoms with Crippen LogP contribution in [0.15, 0.2) is 36.0 Å². The van der Waals surface area contributed by atoms with Gasteiger partial charge in [-0.15, -0.1) is 0 Å². The lowest BCUT2D eigenvalue weighted by Gasteiger charge is -2.13. The molecule has 1 aromatic heterocycles. The third kappa shape index (κ3) is 1.79. The van der Waals surface area contributed by atoms with Gasteiger partial charge in [0.15, 0.2) is 0 Å². The summed E-state index contributed by atoms with van der Waals surface area (Å²) in [7, 11) is 0. The van der Waals surface area contributed by atoms with Crippen molar-refractivity contribution in [3.05, 3.63) is 41.7 Å². The normalized spacial score (nSPS) is 15.8. The molecule has 2 heterocycles. The van der Waals surface area contributed by atoms with Gasteiger partial charge in [-0.05, 0) is 19.1 Å². The van der Waals surface area contributed by atoms with Crippen molar-refractivity contribution in [1.29, 1.82) is 0 Å². The molecular weight excluding hydrogens is 192 g/mol. The fourth-order valence-electron chi connectivity index (χ4n) is 1.44. The number of pyridine rings is 1. The Hall–Kier alpha value is -1.97. The molecule has 0 atom stereocenters. The predicted molar refractivity (Wildman–Crippen MR) is 53.6 cm³/mol. The lowest BCUT2D eigenvalue weighted by Crippen LogP contribution is -2.30. The number of aromatic nitrogens is 1. The van der Waals surface area contributed by atoms with Gasteiger partial charge >= 0.3 is 0 Å². The molecule has 15 heavy (non-hydrogen) atoms. The molecule has 0 N–H and O–H groups in total. The number of amides is 2. The zero-order valence-electron chi connectivity index (χ0n) is 8.30. The number of hydrogen-bond donors (Lipinski definition) is 0. The molecule has 1 aliphatic rings. The van der Waals surface area contributed by atoms with E-state index in [9.17, 15) is 9.59 Å². The van der Waals surface area contributed by atoms with Crippen LogP contribution in [0.4, 0.5) is 0 Å². The molecule has 0 saturated carbocycles. The van der Waals surface area contributed by atoms with Crippen LogP contribution in [0.1, 0.15) is 12.6 Å². The average Bonchev–Trinajstić information content (AvgIpc) is 2.47. The molecule has 0 fully saturated rings. The fraction of sp³-hybridized carbons (Fsp3) is 0.182. The van der Waals surface area contributed by atoms with Crippen LogP contribution < -0.4 is 0 Å². The van der Waals surface area contributed by atoms with E-state index in [-0.39, 0.29) is 18.4 Å². The summed E-state index contributed by atoms with van der Waals surface area (Å²) in [6.07, 6.45) is 2.99. The minimum atomic E-state index is -0.261. The zero-order chi connectivity index (χ0) is 10.8. The molecule has 4 nitrogen and oxygen atoms in total.